The molecular weight excluding hydrogens is 190 g/mol. The van der Waals surface area contributed by atoms with E-state index in [9.17, 15) is 0 Å². The van der Waals surface area contributed by atoms with Gasteiger partial charge in [-0.2, -0.15) is 0 Å². The summed E-state index contributed by atoms with van der Waals surface area (Å²) in [5, 5.41) is 3.48. The lowest BCUT2D eigenvalue weighted by Crippen LogP contribution is -2.22. The van der Waals surface area contributed by atoms with Crippen LogP contribution in [-0.2, 0) is 11.3 Å². The summed E-state index contributed by atoms with van der Waals surface area (Å²) >= 11 is 0. The predicted molar refractivity (Wildman–Crippen MR) is 58.6 cm³/mol. The summed E-state index contributed by atoms with van der Waals surface area (Å²) in [5.74, 6) is 2.74. The Morgan fingerprint density at radius 2 is 2.33 bits per heavy atom. The van der Waals surface area contributed by atoms with Gasteiger partial charge in [-0.25, -0.2) is 0 Å². The van der Waals surface area contributed by atoms with E-state index in [2.05, 4.69) is 18.3 Å². The highest BCUT2D eigenvalue weighted by Gasteiger charge is 2.33. The Bertz CT molecular complexity index is 304. The summed E-state index contributed by atoms with van der Waals surface area (Å²) in [6.07, 6.45) is 2.63. The molecule has 0 aliphatic heterocycles. The highest BCUT2D eigenvalue weighted by molar-refractivity contribution is 5.13. The van der Waals surface area contributed by atoms with Crippen LogP contribution in [0.25, 0.3) is 0 Å². The number of hydrogen-bond donors (Lipinski definition) is 1. The molecule has 1 N–H and O–H groups in total. The van der Waals surface area contributed by atoms with Gasteiger partial charge in [0.05, 0.1) is 6.04 Å². The Morgan fingerprint density at radius 1 is 1.53 bits per heavy atom. The minimum Gasteiger partial charge on any atom is -0.462 e. The molecule has 2 rings (SSSR count). The van der Waals surface area contributed by atoms with E-state index in [-0.39, 0.29) is 0 Å². The zero-order valence-electron chi connectivity index (χ0n) is 9.45. The maximum Gasteiger partial charge on any atom is 0.129 e. The van der Waals surface area contributed by atoms with Gasteiger partial charge in [0.25, 0.3) is 0 Å². The number of methoxy groups -OCH3 is 1. The average Bonchev–Trinajstić information content (AvgIpc) is 2.96. The monoisotopic (exact) mass is 209 g/mol. The average molecular weight is 209 g/mol. The van der Waals surface area contributed by atoms with Crippen molar-refractivity contribution >= 4 is 0 Å². The maximum atomic E-state index is 5.75. The van der Waals surface area contributed by atoms with E-state index in [1.165, 1.54) is 12.8 Å². The second-order valence-corrected chi connectivity index (χ2v) is 4.11. The second-order valence-electron chi connectivity index (χ2n) is 4.11. The van der Waals surface area contributed by atoms with Crippen molar-refractivity contribution < 1.29 is 9.15 Å². The van der Waals surface area contributed by atoms with Crippen molar-refractivity contribution in [3.05, 3.63) is 23.7 Å². The summed E-state index contributed by atoms with van der Waals surface area (Å²) in [5.41, 5.74) is 0. The topological polar surface area (TPSA) is 34.4 Å². The highest BCUT2D eigenvalue weighted by Crippen LogP contribution is 2.41. The van der Waals surface area contributed by atoms with E-state index in [1.54, 1.807) is 7.11 Å². The van der Waals surface area contributed by atoms with Gasteiger partial charge in [0, 0.05) is 7.11 Å². The molecular formula is C12H19NO2. The highest BCUT2D eigenvalue weighted by atomic mass is 16.5. The number of rotatable bonds is 6. The SMILES string of the molecule is CCNC(c1ccc(COC)o1)C1CC1. The van der Waals surface area contributed by atoms with Crippen molar-refractivity contribution in [2.24, 2.45) is 5.92 Å². The van der Waals surface area contributed by atoms with E-state index in [4.69, 9.17) is 9.15 Å². The first-order valence-electron chi connectivity index (χ1n) is 5.66. The van der Waals surface area contributed by atoms with Crippen molar-refractivity contribution in [2.75, 3.05) is 13.7 Å². The van der Waals surface area contributed by atoms with Crippen LogP contribution in [0, 0.1) is 5.92 Å². The number of nitrogens with one attached hydrogen (secondary N) is 1. The van der Waals surface area contributed by atoms with Crippen molar-refractivity contribution in [3.8, 4) is 0 Å². The second kappa shape index (κ2) is 4.81. The van der Waals surface area contributed by atoms with E-state index >= 15 is 0 Å². The fourth-order valence-corrected chi connectivity index (χ4v) is 1.93. The molecule has 1 atom stereocenters. The van der Waals surface area contributed by atoms with E-state index in [0.717, 1.165) is 24.0 Å². The zero-order valence-corrected chi connectivity index (χ0v) is 9.45. The molecule has 3 heteroatoms. The van der Waals surface area contributed by atoms with Gasteiger partial charge < -0.3 is 14.5 Å². The molecule has 1 fully saturated rings. The number of ether oxygens (including phenoxy) is 1. The molecule has 3 nitrogen and oxygen atoms in total. The van der Waals surface area contributed by atoms with Gasteiger partial charge in [0.15, 0.2) is 0 Å². The van der Waals surface area contributed by atoms with Gasteiger partial charge >= 0.3 is 0 Å². The van der Waals surface area contributed by atoms with Crippen LogP contribution in [0.3, 0.4) is 0 Å². The van der Waals surface area contributed by atoms with Gasteiger partial charge in [0.1, 0.15) is 18.1 Å². The van der Waals surface area contributed by atoms with Crippen molar-refractivity contribution in [2.45, 2.75) is 32.4 Å². The first-order valence-corrected chi connectivity index (χ1v) is 5.66. The van der Waals surface area contributed by atoms with Gasteiger partial charge in [-0.1, -0.05) is 6.92 Å². The molecule has 0 amide bonds. The third kappa shape index (κ3) is 2.61. The molecule has 1 unspecified atom stereocenters. The Kier molecular flexibility index (Phi) is 3.44. The molecule has 0 radical (unpaired) electrons. The smallest absolute Gasteiger partial charge is 0.129 e. The molecule has 84 valence electrons. The molecule has 0 spiro atoms. The van der Waals surface area contributed by atoms with Crippen LogP contribution >= 0.6 is 0 Å². The van der Waals surface area contributed by atoms with E-state index in [1.807, 2.05) is 6.07 Å². The van der Waals surface area contributed by atoms with Crippen molar-refractivity contribution in [3.63, 3.8) is 0 Å². The largest absolute Gasteiger partial charge is 0.462 e. The van der Waals surface area contributed by atoms with Crippen LogP contribution in [-0.4, -0.2) is 13.7 Å². The fraction of sp³-hybridized carbons (Fsp3) is 0.667. The Hall–Kier alpha value is -0.800. The number of furan rings is 1. The minimum atomic E-state index is 0.403. The van der Waals surface area contributed by atoms with Crippen LogP contribution in [0.1, 0.15) is 37.3 Å². The van der Waals surface area contributed by atoms with Gasteiger partial charge in [-0.15, -0.1) is 0 Å². The van der Waals surface area contributed by atoms with Gasteiger partial charge in [-0.05, 0) is 37.4 Å². The normalized spacial score (nSPS) is 18.0. The Morgan fingerprint density at radius 3 is 2.93 bits per heavy atom. The van der Waals surface area contributed by atoms with E-state index in [0.29, 0.717) is 12.6 Å². The minimum absolute atomic E-state index is 0.403. The molecule has 1 aliphatic rings. The lowest BCUT2D eigenvalue weighted by Gasteiger charge is -2.14. The quantitative estimate of drug-likeness (QED) is 0.781. The van der Waals surface area contributed by atoms with Crippen molar-refractivity contribution in [1.29, 1.82) is 0 Å². The van der Waals surface area contributed by atoms with Crippen LogP contribution in [0.4, 0.5) is 0 Å². The predicted octanol–water partition coefficient (Wildman–Crippen LogP) is 2.49. The Balaban J connectivity index is 2.04. The molecule has 0 aromatic carbocycles. The first kappa shape index (κ1) is 10.7. The molecule has 1 aliphatic carbocycles. The van der Waals surface area contributed by atoms with Crippen LogP contribution < -0.4 is 5.32 Å². The van der Waals surface area contributed by atoms with Crippen LogP contribution in [0.5, 0.6) is 0 Å². The lowest BCUT2D eigenvalue weighted by atomic mass is 10.1. The summed E-state index contributed by atoms with van der Waals surface area (Å²) in [7, 11) is 1.69. The Labute approximate surface area is 90.8 Å². The molecule has 1 saturated carbocycles. The fourth-order valence-electron chi connectivity index (χ4n) is 1.93. The number of hydrogen-bond acceptors (Lipinski definition) is 3. The molecule has 0 saturated heterocycles. The molecule has 1 aromatic heterocycles. The maximum absolute atomic E-state index is 5.75. The van der Waals surface area contributed by atoms with Crippen LogP contribution in [0.15, 0.2) is 16.5 Å². The summed E-state index contributed by atoms with van der Waals surface area (Å²) < 4.78 is 10.8. The van der Waals surface area contributed by atoms with E-state index < -0.39 is 0 Å². The van der Waals surface area contributed by atoms with Gasteiger partial charge in [-0.3, -0.25) is 0 Å². The third-order valence-electron chi connectivity index (χ3n) is 2.79. The molecule has 15 heavy (non-hydrogen) atoms. The lowest BCUT2D eigenvalue weighted by molar-refractivity contribution is 0.161. The summed E-state index contributed by atoms with van der Waals surface area (Å²) in [4.78, 5) is 0. The third-order valence-corrected chi connectivity index (χ3v) is 2.79. The molecule has 1 heterocycles. The molecule has 0 bridgehead atoms. The van der Waals surface area contributed by atoms with Gasteiger partial charge in [0.2, 0.25) is 0 Å². The van der Waals surface area contributed by atoms with Crippen LogP contribution in [0.2, 0.25) is 0 Å². The first-order chi connectivity index (χ1) is 7.35. The summed E-state index contributed by atoms with van der Waals surface area (Å²) in [6, 6.07) is 4.48. The zero-order chi connectivity index (χ0) is 10.7. The standard InChI is InChI=1S/C12H19NO2/c1-3-13-12(9-4-5-9)11-7-6-10(15-11)8-14-2/h6-7,9,12-13H,3-5,8H2,1-2H3. The molecule has 1 aromatic rings. The summed E-state index contributed by atoms with van der Waals surface area (Å²) in [6.45, 7) is 3.68. The van der Waals surface area contributed by atoms with Crippen molar-refractivity contribution in [1.82, 2.24) is 5.32 Å².